The molecule has 1 saturated heterocycles. The van der Waals surface area contributed by atoms with Gasteiger partial charge in [0.15, 0.2) is 0 Å². The molecule has 5 nitrogen and oxygen atoms in total. The van der Waals surface area contributed by atoms with Crippen molar-refractivity contribution in [1.82, 2.24) is 9.47 Å². The van der Waals surface area contributed by atoms with Gasteiger partial charge in [-0.25, -0.2) is 0 Å². The van der Waals surface area contributed by atoms with Gasteiger partial charge in [0.05, 0.1) is 12.2 Å². The highest BCUT2D eigenvalue weighted by Gasteiger charge is 2.43. The van der Waals surface area contributed by atoms with E-state index in [0.29, 0.717) is 13.0 Å². The normalized spacial score (nSPS) is 21.5. The highest BCUT2D eigenvalue weighted by atomic mass is 16.5. The third-order valence-corrected chi connectivity index (χ3v) is 7.86. The molecule has 2 aromatic carbocycles. The molecule has 2 aliphatic heterocycles. The van der Waals surface area contributed by atoms with Crippen LogP contribution in [0.4, 0.5) is 0 Å². The fourth-order valence-electron chi connectivity index (χ4n) is 5.65. The minimum Gasteiger partial charge on any atom is -0.487 e. The largest absolute Gasteiger partial charge is 0.487 e. The van der Waals surface area contributed by atoms with Crippen molar-refractivity contribution in [2.45, 2.75) is 57.8 Å². The number of β-amino-alcohol motifs (C(OH)–C–C–N with tert-alkyl or cyclic N) is 1. The van der Waals surface area contributed by atoms with Gasteiger partial charge in [-0.3, -0.25) is 0 Å². The van der Waals surface area contributed by atoms with Crippen LogP contribution in [0.5, 0.6) is 5.75 Å². The molecule has 0 aliphatic carbocycles. The first-order valence-corrected chi connectivity index (χ1v) is 11.7. The van der Waals surface area contributed by atoms with Crippen LogP contribution in [0.15, 0.2) is 36.4 Å². The number of likely N-dealkylation sites (tertiary alicyclic amines) is 1. The highest BCUT2D eigenvalue weighted by Crippen LogP contribution is 2.45. The number of rotatable bonds is 3. The van der Waals surface area contributed by atoms with Crippen molar-refractivity contribution in [3.05, 3.63) is 64.3 Å². The smallest absolute Gasteiger partial charge is 0.126 e. The zero-order chi connectivity index (χ0) is 22.6. The molecule has 3 aromatic rings. The number of ether oxygens (including phenoxy) is 1. The average molecular weight is 435 g/mol. The number of fused-ring (bicyclic) bond motifs is 2. The molecule has 1 aromatic heterocycles. The molecule has 1 spiro atoms. The van der Waals surface area contributed by atoms with Crippen LogP contribution in [0, 0.1) is 20.8 Å². The molecule has 5 heteroatoms. The topological polar surface area (TPSA) is 57.9 Å². The number of para-hydroxylation sites is 1. The second-order valence-electron chi connectivity index (χ2n) is 9.87. The summed E-state index contributed by atoms with van der Waals surface area (Å²) >= 11 is 0. The second kappa shape index (κ2) is 7.91. The monoisotopic (exact) mass is 434 g/mol. The predicted molar refractivity (Wildman–Crippen MR) is 127 cm³/mol. The van der Waals surface area contributed by atoms with E-state index in [1.807, 2.05) is 12.1 Å². The predicted octanol–water partition coefficient (Wildman–Crippen LogP) is 4.49. The first kappa shape index (κ1) is 21.5. The summed E-state index contributed by atoms with van der Waals surface area (Å²) in [6.07, 6.45) is 1.35. The molecule has 2 aliphatic rings. The summed E-state index contributed by atoms with van der Waals surface area (Å²) in [4.78, 5) is 2.34. The molecule has 32 heavy (non-hydrogen) atoms. The molecular weight excluding hydrogens is 400 g/mol. The van der Waals surface area contributed by atoms with E-state index in [-0.39, 0.29) is 5.60 Å². The quantitative estimate of drug-likeness (QED) is 0.638. The Balaban J connectivity index is 1.30. The van der Waals surface area contributed by atoms with Crippen molar-refractivity contribution in [3.8, 4) is 5.75 Å². The lowest BCUT2D eigenvalue weighted by Gasteiger charge is -2.46. The molecule has 2 N–H and O–H groups in total. The van der Waals surface area contributed by atoms with E-state index in [4.69, 9.17) is 4.74 Å². The number of aliphatic hydroxyl groups excluding tert-OH is 2. The van der Waals surface area contributed by atoms with Gasteiger partial charge in [-0.05, 0) is 62.9 Å². The van der Waals surface area contributed by atoms with Crippen LogP contribution in [0.2, 0.25) is 0 Å². The van der Waals surface area contributed by atoms with Gasteiger partial charge >= 0.3 is 0 Å². The maximum absolute atomic E-state index is 11.2. The number of benzene rings is 2. The maximum atomic E-state index is 11.2. The second-order valence-corrected chi connectivity index (χ2v) is 9.87. The lowest BCUT2D eigenvalue weighted by atomic mass is 9.81. The fraction of sp³-hybridized carbons (Fsp3) is 0.481. The van der Waals surface area contributed by atoms with Gasteiger partial charge in [0.25, 0.3) is 0 Å². The first-order valence-electron chi connectivity index (χ1n) is 11.7. The van der Waals surface area contributed by atoms with Crippen LogP contribution in [0.25, 0.3) is 10.9 Å². The lowest BCUT2D eigenvalue weighted by Crippen LogP contribution is -2.51. The van der Waals surface area contributed by atoms with E-state index in [1.165, 1.54) is 11.1 Å². The van der Waals surface area contributed by atoms with Gasteiger partial charge in [0, 0.05) is 60.8 Å². The number of hydrogen-bond acceptors (Lipinski definition) is 4. The van der Waals surface area contributed by atoms with Crippen molar-refractivity contribution in [3.63, 3.8) is 0 Å². The molecule has 0 saturated carbocycles. The van der Waals surface area contributed by atoms with Crippen LogP contribution >= 0.6 is 0 Å². The molecule has 0 amide bonds. The van der Waals surface area contributed by atoms with Gasteiger partial charge in [0.1, 0.15) is 11.4 Å². The van der Waals surface area contributed by atoms with Gasteiger partial charge in [-0.2, -0.15) is 0 Å². The molecule has 0 bridgehead atoms. The number of piperidine rings is 1. The van der Waals surface area contributed by atoms with E-state index >= 15 is 0 Å². The van der Waals surface area contributed by atoms with Crippen LogP contribution < -0.4 is 4.74 Å². The third kappa shape index (κ3) is 3.53. The van der Waals surface area contributed by atoms with Crippen LogP contribution in [-0.2, 0) is 7.05 Å². The summed E-state index contributed by atoms with van der Waals surface area (Å²) in [7, 11) is 2.06. The van der Waals surface area contributed by atoms with Crippen LogP contribution in [-0.4, -0.2) is 44.9 Å². The van der Waals surface area contributed by atoms with Crippen molar-refractivity contribution >= 4 is 10.9 Å². The van der Waals surface area contributed by atoms with Gasteiger partial charge in [0.2, 0.25) is 0 Å². The summed E-state index contributed by atoms with van der Waals surface area (Å²) in [5.74, 6) is 0.840. The summed E-state index contributed by atoms with van der Waals surface area (Å²) in [5.41, 5.74) is 6.30. The van der Waals surface area contributed by atoms with Crippen LogP contribution in [0.3, 0.4) is 0 Å². The lowest BCUT2D eigenvalue weighted by molar-refractivity contribution is -0.0588. The van der Waals surface area contributed by atoms with E-state index in [0.717, 1.165) is 59.4 Å². The van der Waals surface area contributed by atoms with E-state index in [2.05, 4.69) is 61.6 Å². The van der Waals surface area contributed by atoms with Gasteiger partial charge in [-0.15, -0.1) is 0 Å². The van der Waals surface area contributed by atoms with Crippen molar-refractivity contribution in [1.29, 1.82) is 0 Å². The average Bonchev–Trinajstić information content (AvgIpc) is 3.02. The summed E-state index contributed by atoms with van der Waals surface area (Å²) in [5, 5.41) is 23.2. The Hall–Kier alpha value is -2.34. The molecule has 2 unspecified atom stereocenters. The number of hydrogen-bond donors (Lipinski definition) is 2. The number of aromatic nitrogens is 1. The Morgan fingerprint density at radius 3 is 2.53 bits per heavy atom. The zero-order valence-electron chi connectivity index (χ0n) is 19.6. The number of aryl methyl sites for hydroxylation is 3. The van der Waals surface area contributed by atoms with E-state index in [1.54, 1.807) is 0 Å². The maximum Gasteiger partial charge on any atom is 0.126 e. The molecule has 3 heterocycles. The van der Waals surface area contributed by atoms with Crippen molar-refractivity contribution < 1.29 is 14.9 Å². The fourth-order valence-corrected chi connectivity index (χ4v) is 5.65. The minimum absolute atomic E-state index is 0.315. The molecule has 0 radical (unpaired) electrons. The summed E-state index contributed by atoms with van der Waals surface area (Å²) in [6, 6.07) is 12.4. The van der Waals surface area contributed by atoms with E-state index < -0.39 is 12.2 Å². The summed E-state index contributed by atoms with van der Waals surface area (Å²) < 4.78 is 8.70. The van der Waals surface area contributed by atoms with E-state index in [9.17, 15) is 10.2 Å². The molecule has 5 rings (SSSR count). The van der Waals surface area contributed by atoms with Gasteiger partial charge < -0.3 is 24.4 Å². The van der Waals surface area contributed by atoms with Crippen molar-refractivity contribution in [2.75, 3.05) is 19.6 Å². The Morgan fingerprint density at radius 2 is 1.78 bits per heavy atom. The third-order valence-electron chi connectivity index (χ3n) is 7.86. The number of aliphatic hydroxyl groups is 2. The Morgan fingerprint density at radius 1 is 1.09 bits per heavy atom. The molecule has 1 fully saturated rings. The first-order chi connectivity index (χ1) is 15.3. The summed E-state index contributed by atoms with van der Waals surface area (Å²) in [6.45, 7) is 8.58. The van der Waals surface area contributed by atoms with Gasteiger partial charge in [-0.1, -0.05) is 18.2 Å². The Kier molecular flexibility index (Phi) is 5.31. The zero-order valence-corrected chi connectivity index (χ0v) is 19.6. The Labute approximate surface area is 190 Å². The van der Waals surface area contributed by atoms with Crippen LogP contribution in [0.1, 0.15) is 59.4 Å². The molecule has 2 atom stereocenters. The standard InChI is InChI=1S/C27H34N2O3/c1-17-13-21-23(30)15-27(32-25(21)14-18(17)2)9-11-29(12-10-27)16-24(31)26-19(3)28(4)22-8-6-5-7-20(22)26/h5-8,13-14,23-24,30-31H,9-12,15-16H2,1-4H3. The van der Waals surface area contributed by atoms with Crippen molar-refractivity contribution in [2.24, 2.45) is 7.05 Å². The minimum atomic E-state index is -0.528. The molecular formula is C27H34N2O3. The SMILES string of the molecule is Cc1cc2c(cc1C)C(O)CC1(CCN(CC(O)c3c(C)n(C)c4ccccc34)CC1)O2. The molecule has 170 valence electrons. The Bertz CT molecular complexity index is 1160. The highest BCUT2D eigenvalue weighted by molar-refractivity contribution is 5.85. The number of nitrogens with zero attached hydrogens (tertiary/aromatic N) is 2.